The minimum absolute atomic E-state index is 0.125. The van der Waals surface area contributed by atoms with Crippen LogP contribution in [0.3, 0.4) is 0 Å². The van der Waals surface area contributed by atoms with E-state index >= 15 is 0 Å². The Morgan fingerprint density at radius 2 is 1.95 bits per heavy atom. The predicted molar refractivity (Wildman–Crippen MR) is 67.4 cm³/mol. The molecule has 0 amide bonds. The molecule has 0 spiro atoms. The number of rotatable bonds is 4. The van der Waals surface area contributed by atoms with E-state index in [1.807, 2.05) is 0 Å². The predicted octanol–water partition coefficient (Wildman–Crippen LogP) is 1.83. The van der Waals surface area contributed by atoms with Crippen molar-refractivity contribution in [2.75, 3.05) is 0 Å². The molecule has 0 aromatic heterocycles. The van der Waals surface area contributed by atoms with Crippen LogP contribution in [0, 0.1) is 6.92 Å². The molecule has 112 valence electrons. The summed E-state index contributed by atoms with van der Waals surface area (Å²) in [5.74, 6) is 0. The van der Waals surface area contributed by atoms with Crippen molar-refractivity contribution in [1.29, 1.82) is 0 Å². The standard InChI is InChI=1S/C12H15F3N2O2S/c1-8-9(7-16)3-2-4-10(8)20(18,19)17-11(5-6-11)12(13,14)15/h2-4,17H,5-7,16H2,1H3. The number of benzene rings is 1. The van der Waals surface area contributed by atoms with Gasteiger partial charge in [-0.25, -0.2) is 8.42 Å². The molecule has 1 aliphatic carbocycles. The summed E-state index contributed by atoms with van der Waals surface area (Å²) in [6, 6.07) is 4.39. The zero-order chi connectivity index (χ0) is 15.2. The largest absolute Gasteiger partial charge is 0.407 e. The molecule has 0 unspecified atom stereocenters. The van der Waals surface area contributed by atoms with Crippen molar-refractivity contribution in [2.45, 2.75) is 42.9 Å². The molecular formula is C12H15F3N2O2S. The smallest absolute Gasteiger partial charge is 0.326 e. The normalized spacial score (nSPS) is 18.1. The Morgan fingerprint density at radius 3 is 2.40 bits per heavy atom. The van der Waals surface area contributed by atoms with Crippen molar-refractivity contribution in [3.05, 3.63) is 29.3 Å². The molecular weight excluding hydrogens is 293 g/mol. The van der Waals surface area contributed by atoms with Crippen LogP contribution in [0.15, 0.2) is 23.1 Å². The van der Waals surface area contributed by atoms with Crippen LogP contribution in [0.2, 0.25) is 0 Å². The molecule has 0 bridgehead atoms. The van der Waals surface area contributed by atoms with E-state index in [0.29, 0.717) is 11.1 Å². The third-order valence-electron chi connectivity index (χ3n) is 3.53. The lowest BCUT2D eigenvalue weighted by Crippen LogP contribution is -2.47. The molecule has 1 aromatic rings. The maximum absolute atomic E-state index is 12.8. The quantitative estimate of drug-likeness (QED) is 0.891. The Labute approximate surface area is 115 Å². The first-order valence-electron chi connectivity index (χ1n) is 6.02. The highest BCUT2D eigenvalue weighted by molar-refractivity contribution is 7.89. The van der Waals surface area contributed by atoms with E-state index in [0.717, 1.165) is 0 Å². The molecule has 3 N–H and O–H groups in total. The maximum Gasteiger partial charge on any atom is 0.407 e. The van der Waals surface area contributed by atoms with Crippen molar-refractivity contribution in [3.8, 4) is 0 Å². The molecule has 1 saturated carbocycles. The number of alkyl halides is 3. The molecule has 1 aromatic carbocycles. The lowest BCUT2D eigenvalue weighted by molar-refractivity contribution is -0.160. The molecule has 0 heterocycles. The van der Waals surface area contributed by atoms with Gasteiger partial charge in [0.2, 0.25) is 10.0 Å². The van der Waals surface area contributed by atoms with Crippen LogP contribution < -0.4 is 10.5 Å². The molecule has 1 aliphatic rings. The first-order chi connectivity index (χ1) is 9.13. The lowest BCUT2D eigenvalue weighted by atomic mass is 10.1. The van der Waals surface area contributed by atoms with Crippen LogP contribution in [-0.2, 0) is 16.6 Å². The van der Waals surface area contributed by atoms with Crippen molar-refractivity contribution in [2.24, 2.45) is 5.73 Å². The number of sulfonamides is 1. The van der Waals surface area contributed by atoms with Gasteiger partial charge in [-0.15, -0.1) is 0 Å². The minimum atomic E-state index is -4.58. The van der Waals surface area contributed by atoms with E-state index in [1.165, 1.54) is 19.1 Å². The van der Waals surface area contributed by atoms with E-state index in [-0.39, 0.29) is 24.3 Å². The van der Waals surface area contributed by atoms with Crippen molar-refractivity contribution >= 4 is 10.0 Å². The molecule has 0 atom stereocenters. The van der Waals surface area contributed by atoms with Crippen LogP contribution in [0.5, 0.6) is 0 Å². The van der Waals surface area contributed by atoms with E-state index in [4.69, 9.17) is 5.73 Å². The van der Waals surface area contributed by atoms with Gasteiger partial charge in [0.25, 0.3) is 0 Å². The first-order valence-corrected chi connectivity index (χ1v) is 7.50. The van der Waals surface area contributed by atoms with Crippen LogP contribution in [0.25, 0.3) is 0 Å². The molecule has 0 radical (unpaired) electrons. The summed E-state index contributed by atoms with van der Waals surface area (Å²) in [6.07, 6.45) is -5.05. The molecule has 20 heavy (non-hydrogen) atoms. The summed E-state index contributed by atoms with van der Waals surface area (Å²) in [7, 11) is -4.23. The van der Waals surface area contributed by atoms with E-state index in [2.05, 4.69) is 0 Å². The van der Waals surface area contributed by atoms with E-state index in [1.54, 1.807) is 10.8 Å². The maximum atomic E-state index is 12.8. The highest BCUT2D eigenvalue weighted by Crippen LogP contribution is 2.49. The molecule has 2 rings (SSSR count). The van der Waals surface area contributed by atoms with E-state index < -0.39 is 21.7 Å². The van der Waals surface area contributed by atoms with Gasteiger partial charge < -0.3 is 5.73 Å². The van der Waals surface area contributed by atoms with Crippen LogP contribution in [-0.4, -0.2) is 20.1 Å². The van der Waals surface area contributed by atoms with Gasteiger partial charge in [-0.05, 0) is 37.0 Å². The molecule has 8 heteroatoms. The second kappa shape index (κ2) is 4.71. The Bertz CT molecular complexity index is 622. The number of hydrogen-bond acceptors (Lipinski definition) is 3. The zero-order valence-electron chi connectivity index (χ0n) is 10.8. The van der Waals surface area contributed by atoms with Gasteiger partial charge in [0.15, 0.2) is 0 Å². The summed E-state index contributed by atoms with van der Waals surface area (Å²) in [4.78, 5) is -0.157. The summed E-state index contributed by atoms with van der Waals surface area (Å²) < 4.78 is 64.7. The Morgan fingerprint density at radius 1 is 1.35 bits per heavy atom. The van der Waals surface area contributed by atoms with Crippen molar-refractivity contribution in [1.82, 2.24) is 4.72 Å². The number of nitrogens with two attached hydrogens (primary N) is 1. The van der Waals surface area contributed by atoms with Crippen molar-refractivity contribution < 1.29 is 21.6 Å². The van der Waals surface area contributed by atoms with Crippen LogP contribution in [0.4, 0.5) is 13.2 Å². The topological polar surface area (TPSA) is 72.2 Å². The number of hydrogen-bond donors (Lipinski definition) is 2. The lowest BCUT2D eigenvalue weighted by Gasteiger charge is -2.21. The van der Waals surface area contributed by atoms with Gasteiger partial charge in [-0.3, -0.25) is 0 Å². The second-order valence-corrected chi connectivity index (χ2v) is 6.58. The molecule has 1 fully saturated rings. The fraction of sp³-hybridized carbons (Fsp3) is 0.500. The first kappa shape index (κ1) is 15.3. The highest BCUT2D eigenvalue weighted by Gasteiger charge is 2.65. The van der Waals surface area contributed by atoms with Gasteiger partial charge in [0.1, 0.15) is 5.54 Å². The highest BCUT2D eigenvalue weighted by atomic mass is 32.2. The van der Waals surface area contributed by atoms with Gasteiger partial charge in [0, 0.05) is 6.54 Å². The average molecular weight is 308 g/mol. The fourth-order valence-electron chi connectivity index (χ4n) is 2.05. The van der Waals surface area contributed by atoms with Crippen LogP contribution in [0.1, 0.15) is 24.0 Å². The average Bonchev–Trinajstić information content (AvgIpc) is 3.08. The third kappa shape index (κ3) is 2.55. The summed E-state index contributed by atoms with van der Waals surface area (Å²) in [5, 5.41) is 0. The van der Waals surface area contributed by atoms with Crippen molar-refractivity contribution in [3.63, 3.8) is 0 Å². The Kier molecular flexibility index (Phi) is 3.60. The van der Waals surface area contributed by atoms with Gasteiger partial charge >= 0.3 is 6.18 Å². The SMILES string of the molecule is Cc1c(CN)cccc1S(=O)(=O)NC1(C(F)(F)F)CC1. The van der Waals surface area contributed by atoms with Gasteiger partial charge in [-0.1, -0.05) is 12.1 Å². The molecule has 0 saturated heterocycles. The number of nitrogens with one attached hydrogen (secondary N) is 1. The van der Waals surface area contributed by atoms with Gasteiger partial charge in [-0.2, -0.15) is 17.9 Å². The second-order valence-electron chi connectivity index (χ2n) is 4.93. The summed E-state index contributed by atoms with van der Waals surface area (Å²) in [6.45, 7) is 1.66. The molecule has 4 nitrogen and oxygen atoms in total. The Hall–Kier alpha value is -1.12. The summed E-state index contributed by atoms with van der Waals surface area (Å²) in [5.41, 5.74) is 4.13. The molecule has 0 aliphatic heterocycles. The monoisotopic (exact) mass is 308 g/mol. The third-order valence-corrected chi connectivity index (χ3v) is 5.21. The zero-order valence-corrected chi connectivity index (χ0v) is 11.6. The fourth-order valence-corrected chi connectivity index (χ4v) is 3.79. The summed E-state index contributed by atoms with van der Waals surface area (Å²) >= 11 is 0. The van der Waals surface area contributed by atoms with E-state index in [9.17, 15) is 21.6 Å². The number of halogens is 3. The Balaban J connectivity index is 2.38. The van der Waals surface area contributed by atoms with Gasteiger partial charge in [0.05, 0.1) is 4.90 Å². The van der Waals surface area contributed by atoms with Crippen LogP contribution >= 0.6 is 0 Å². The minimum Gasteiger partial charge on any atom is -0.326 e.